The lowest BCUT2D eigenvalue weighted by atomic mass is 9.95. The van der Waals surface area contributed by atoms with Gasteiger partial charge in [0.2, 0.25) is 0 Å². The second-order valence-corrected chi connectivity index (χ2v) is 5.23. The maximum absolute atomic E-state index is 12.4. The van der Waals surface area contributed by atoms with Crippen molar-refractivity contribution in [2.24, 2.45) is 0 Å². The van der Waals surface area contributed by atoms with E-state index in [4.69, 9.17) is 4.74 Å². The van der Waals surface area contributed by atoms with Crippen LogP contribution in [-0.4, -0.2) is 31.7 Å². The molecule has 0 saturated carbocycles. The van der Waals surface area contributed by atoms with Crippen LogP contribution in [-0.2, 0) is 9.53 Å². The molecule has 1 aromatic carbocycles. The molecule has 0 spiro atoms. The number of hydrogen-bond acceptors (Lipinski definition) is 4. The molecule has 1 heterocycles. The smallest absolute Gasteiger partial charge is 0.338 e. The number of hydrogen-bond donors (Lipinski definition) is 3. The van der Waals surface area contributed by atoms with Crippen LogP contribution in [0, 0.1) is 0 Å². The summed E-state index contributed by atoms with van der Waals surface area (Å²) in [7, 11) is 0. The number of carbonyl (C=O) groups excluding carboxylic acids is 2. The summed E-state index contributed by atoms with van der Waals surface area (Å²) in [5.41, 5.74) is 1.86. The minimum absolute atomic E-state index is 0.285. The van der Waals surface area contributed by atoms with Crippen molar-refractivity contribution in [3.63, 3.8) is 0 Å². The lowest BCUT2D eigenvalue weighted by Gasteiger charge is -2.29. The molecule has 1 aromatic rings. The highest BCUT2D eigenvalue weighted by Gasteiger charge is 2.33. The molecule has 3 N–H and O–H groups in total. The summed E-state index contributed by atoms with van der Waals surface area (Å²) >= 11 is 0. The van der Waals surface area contributed by atoms with Gasteiger partial charge in [-0.15, -0.1) is 0 Å². The minimum Gasteiger partial charge on any atom is -0.463 e. The fourth-order valence-electron chi connectivity index (χ4n) is 2.49. The Hall–Kier alpha value is -2.34. The normalized spacial score (nSPS) is 17.5. The van der Waals surface area contributed by atoms with Crippen molar-refractivity contribution >= 4 is 12.0 Å². The van der Waals surface area contributed by atoms with E-state index in [1.54, 1.807) is 6.92 Å². The van der Waals surface area contributed by atoms with Crippen LogP contribution < -0.4 is 16.0 Å². The number of ether oxygens (including phenoxy) is 1. The zero-order chi connectivity index (χ0) is 16.7. The molecule has 0 fully saturated rings. The molecule has 2 rings (SSSR count). The Morgan fingerprint density at radius 3 is 2.65 bits per heavy atom. The maximum Gasteiger partial charge on any atom is 0.338 e. The summed E-state index contributed by atoms with van der Waals surface area (Å²) < 4.78 is 5.19. The number of rotatable bonds is 7. The van der Waals surface area contributed by atoms with Gasteiger partial charge in [0, 0.05) is 12.2 Å². The highest BCUT2D eigenvalue weighted by molar-refractivity contribution is 5.95. The molecule has 2 amide bonds. The van der Waals surface area contributed by atoms with Crippen LogP contribution in [0.15, 0.2) is 41.6 Å². The second kappa shape index (κ2) is 8.33. The molecule has 6 heteroatoms. The molecule has 0 saturated heterocycles. The zero-order valence-electron chi connectivity index (χ0n) is 13.5. The first-order valence-electron chi connectivity index (χ1n) is 7.90. The largest absolute Gasteiger partial charge is 0.463 e. The Labute approximate surface area is 136 Å². The van der Waals surface area contributed by atoms with Gasteiger partial charge in [-0.25, -0.2) is 9.59 Å². The minimum atomic E-state index is -0.512. The zero-order valence-corrected chi connectivity index (χ0v) is 13.5. The van der Waals surface area contributed by atoms with Crippen molar-refractivity contribution in [1.29, 1.82) is 0 Å². The lowest BCUT2D eigenvalue weighted by Crippen LogP contribution is -2.48. The van der Waals surface area contributed by atoms with Gasteiger partial charge in [-0.05, 0) is 25.5 Å². The van der Waals surface area contributed by atoms with Crippen LogP contribution in [0.1, 0.15) is 31.9 Å². The lowest BCUT2D eigenvalue weighted by molar-refractivity contribution is -0.139. The molecular weight excluding hydrogens is 294 g/mol. The van der Waals surface area contributed by atoms with E-state index < -0.39 is 12.0 Å². The summed E-state index contributed by atoms with van der Waals surface area (Å²) in [6, 6.07) is 8.58. The fourth-order valence-corrected chi connectivity index (χ4v) is 2.49. The number of nitrogens with one attached hydrogen (secondary N) is 3. The molecule has 1 aliphatic heterocycles. The summed E-state index contributed by atoms with van der Waals surface area (Å²) in [5.74, 6) is -0.415. The average Bonchev–Trinajstić information content (AvgIpc) is 2.55. The van der Waals surface area contributed by atoms with E-state index in [-0.39, 0.29) is 12.6 Å². The van der Waals surface area contributed by atoms with Gasteiger partial charge in [0.05, 0.1) is 18.2 Å². The highest BCUT2D eigenvalue weighted by Crippen LogP contribution is 2.27. The standard InChI is InChI=1S/C17H23N3O3/c1-3-10-18-11-13-14(16(21)23-4-2)15(20-17(22)19-13)12-8-6-5-7-9-12/h5-9,15,18H,3-4,10-11H2,1-2H3,(H2,19,20,22)/t15-/m1/s1. The number of amides is 2. The Morgan fingerprint density at radius 1 is 1.26 bits per heavy atom. The monoisotopic (exact) mass is 317 g/mol. The first kappa shape index (κ1) is 17.0. The van der Waals surface area contributed by atoms with Crippen LogP contribution in [0.5, 0.6) is 0 Å². The molecule has 0 bridgehead atoms. The average molecular weight is 317 g/mol. The topological polar surface area (TPSA) is 79.5 Å². The molecule has 1 aliphatic rings. The summed E-state index contributed by atoms with van der Waals surface area (Å²) in [6.45, 7) is 5.33. The first-order valence-corrected chi connectivity index (χ1v) is 7.90. The van der Waals surface area contributed by atoms with E-state index in [1.807, 2.05) is 30.3 Å². The van der Waals surface area contributed by atoms with E-state index in [9.17, 15) is 9.59 Å². The van der Waals surface area contributed by atoms with Gasteiger partial charge >= 0.3 is 12.0 Å². The number of carbonyl (C=O) groups is 2. The molecule has 6 nitrogen and oxygen atoms in total. The second-order valence-electron chi connectivity index (χ2n) is 5.23. The van der Waals surface area contributed by atoms with Crippen LogP contribution in [0.4, 0.5) is 4.79 Å². The maximum atomic E-state index is 12.4. The van der Waals surface area contributed by atoms with Crippen LogP contribution in [0.25, 0.3) is 0 Å². The quantitative estimate of drug-likeness (QED) is 0.530. The third-order valence-corrected chi connectivity index (χ3v) is 3.51. The van der Waals surface area contributed by atoms with Crippen molar-refractivity contribution in [3.8, 4) is 0 Å². The van der Waals surface area contributed by atoms with Crippen molar-refractivity contribution < 1.29 is 14.3 Å². The van der Waals surface area contributed by atoms with Gasteiger partial charge in [-0.3, -0.25) is 0 Å². The van der Waals surface area contributed by atoms with E-state index in [0.717, 1.165) is 18.5 Å². The first-order chi connectivity index (χ1) is 11.2. The van der Waals surface area contributed by atoms with Gasteiger partial charge in [0.1, 0.15) is 0 Å². The molecule has 23 heavy (non-hydrogen) atoms. The molecule has 1 atom stereocenters. The van der Waals surface area contributed by atoms with Crippen LogP contribution >= 0.6 is 0 Å². The molecule has 0 radical (unpaired) electrons. The molecule has 124 valence electrons. The van der Waals surface area contributed by atoms with Gasteiger partial charge in [-0.2, -0.15) is 0 Å². The van der Waals surface area contributed by atoms with E-state index in [2.05, 4.69) is 22.9 Å². The predicted molar refractivity (Wildman–Crippen MR) is 87.7 cm³/mol. The number of urea groups is 1. The third kappa shape index (κ3) is 4.32. The summed E-state index contributed by atoms with van der Waals surface area (Å²) in [4.78, 5) is 24.4. The van der Waals surface area contributed by atoms with Gasteiger partial charge in [-0.1, -0.05) is 37.3 Å². The molecular formula is C17H23N3O3. The molecule has 0 aliphatic carbocycles. The Balaban J connectivity index is 2.38. The van der Waals surface area contributed by atoms with Crippen molar-refractivity contribution in [2.45, 2.75) is 26.3 Å². The SMILES string of the molecule is CCCNCC1=C(C(=O)OCC)[C@@H](c2ccccc2)NC(=O)N1. The van der Waals surface area contributed by atoms with Gasteiger partial charge < -0.3 is 20.7 Å². The van der Waals surface area contributed by atoms with Crippen molar-refractivity contribution in [1.82, 2.24) is 16.0 Å². The highest BCUT2D eigenvalue weighted by atomic mass is 16.5. The fraction of sp³-hybridized carbons (Fsp3) is 0.412. The molecule has 0 unspecified atom stereocenters. The van der Waals surface area contributed by atoms with E-state index in [0.29, 0.717) is 17.8 Å². The summed E-state index contributed by atoms with van der Waals surface area (Å²) in [5, 5.41) is 8.75. The van der Waals surface area contributed by atoms with Gasteiger partial charge in [0.25, 0.3) is 0 Å². The van der Waals surface area contributed by atoms with Crippen molar-refractivity contribution in [2.75, 3.05) is 19.7 Å². The molecule has 0 aromatic heterocycles. The van der Waals surface area contributed by atoms with E-state index >= 15 is 0 Å². The Kier molecular flexibility index (Phi) is 6.17. The van der Waals surface area contributed by atoms with Crippen LogP contribution in [0.3, 0.4) is 0 Å². The number of esters is 1. The Morgan fingerprint density at radius 2 is 2.00 bits per heavy atom. The van der Waals surface area contributed by atoms with Crippen LogP contribution in [0.2, 0.25) is 0 Å². The van der Waals surface area contributed by atoms with E-state index in [1.165, 1.54) is 0 Å². The predicted octanol–water partition coefficient (Wildman–Crippen LogP) is 1.86. The third-order valence-electron chi connectivity index (χ3n) is 3.51. The van der Waals surface area contributed by atoms with Gasteiger partial charge in [0.15, 0.2) is 0 Å². The Bertz CT molecular complexity index is 584. The number of benzene rings is 1. The summed E-state index contributed by atoms with van der Waals surface area (Å²) in [6.07, 6.45) is 0.969. The van der Waals surface area contributed by atoms with Crippen molar-refractivity contribution in [3.05, 3.63) is 47.2 Å².